The predicted octanol–water partition coefficient (Wildman–Crippen LogP) is 17.7. The van der Waals surface area contributed by atoms with Crippen LogP contribution in [-0.2, 0) is 28.6 Å². The van der Waals surface area contributed by atoms with Gasteiger partial charge in [-0.05, 0) is 109 Å². The van der Waals surface area contributed by atoms with Crippen molar-refractivity contribution in [3.63, 3.8) is 0 Å². The molecular formula is C60H96O6. The van der Waals surface area contributed by atoms with Gasteiger partial charge in [-0.1, -0.05) is 213 Å². The lowest BCUT2D eigenvalue weighted by Gasteiger charge is -2.18. The number of ether oxygens (including phenoxy) is 3. The standard InChI is InChI=1S/C60H96O6/c1-4-7-10-13-16-18-20-22-24-26-27-28-29-30-31-32-33-35-36-38-40-42-44-47-50-53-59(62)65-56-57(55-64-58(61)52-49-46-15-12-9-6-3)66-60(63)54-51-48-45-43-41-39-37-34-25-23-21-19-17-14-11-8-5-2/h7-8,10-11,16-19,22-25,27-28,30-31,33,35,37,39,57H,4-6,9,12-15,20-21,26,29,32,34,36,38,40-56H2,1-3H3/b10-7-,11-8-,18-16-,19-17-,24-22-,25-23-,28-27-,31-30-,35-33-,39-37-. The maximum atomic E-state index is 12.8. The number of allylic oxidation sites excluding steroid dienone is 20. The van der Waals surface area contributed by atoms with Crippen LogP contribution in [-0.4, -0.2) is 37.2 Å². The summed E-state index contributed by atoms with van der Waals surface area (Å²) in [4.78, 5) is 37.8. The van der Waals surface area contributed by atoms with Crippen LogP contribution in [0.15, 0.2) is 122 Å². The molecular weight excluding hydrogens is 817 g/mol. The van der Waals surface area contributed by atoms with E-state index in [9.17, 15) is 14.4 Å². The fraction of sp³-hybridized carbons (Fsp3) is 0.617. The highest BCUT2D eigenvalue weighted by atomic mass is 16.6. The molecule has 0 aliphatic carbocycles. The van der Waals surface area contributed by atoms with Crippen LogP contribution in [0, 0.1) is 0 Å². The number of hydrogen-bond acceptors (Lipinski definition) is 6. The zero-order valence-electron chi connectivity index (χ0n) is 42.4. The Morgan fingerprint density at radius 2 is 0.591 bits per heavy atom. The Bertz CT molecular complexity index is 1420. The molecule has 0 bridgehead atoms. The van der Waals surface area contributed by atoms with Gasteiger partial charge in [0.15, 0.2) is 6.10 Å². The van der Waals surface area contributed by atoms with Crippen molar-refractivity contribution in [2.45, 2.75) is 226 Å². The first kappa shape index (κ1) is 61.8. The lowest BCUT2D eigenvalue weighted by molar-refractivity contribution is -0.167. The normalized spacial score (nSPS) is 13.1. The van der Waals surface area contributed by atoms with E-state index >= 15 is 0 Å². The molecule has 0 aromatic carbocycles. The molecule has 1 atom stereocenters. The van der Waals surface area contributed by atoms with Gasteiger partial charge in [0, 0.05) is 19.3 Å². The topological polar surface area (TPSA) is 78.9 Å². The summed E-state index contributed by atoms with van der Waals surface area (Å²) in [7, 11) is 0. The Hall–Kier alpha value is -4.19. The van der Waals surface area contributed by atoms with Crippen molar-refractivity contribution < 1.29 is 28.6 Å². The molecule has 0 saturated heterocycles. The van der Waals surface area contributed by atoms with E-state index in [1.165, 1.54) is 32.1 Å². The summed E-state index contributed by atoms with van der Waals surface area (Å²) < 4.78 is 16.7. The van der Waals surface area contributed by atoms with Gasteiger partial charge in [-0.15, -0.1) is 0 Å². The molecule has 0 rings (SSSR count). The zero-order valence-corrected chi connectivity index (χ0v) is 42.4. The number of hydrogen-bond donors (Lipinski definition) is 0. The van der Waals surface area contributed by atoms with Crippen molar-refractivity contribution in [2.75, 3.05) is 13.2 Å². The zero-order chi connectivity index (χ0) is 47.9. The fourth-order valence-electron chi connectivity index (χ4n) is 6.79. The Labute approximate surface area is 405 Å². The number of carbonyl (C=O) groups excluding carboxylic acids is 3. The first-order valence-corrected chi connectivity index (χ1v) is 26.5. The van der Waals surface area contributed by atoms with Crippen LogP contribution in [0.25, 0.3) is 0 Å². The molecule has 0 radical (unpaired) electrons. The van der Waals surface area contributed by atoms with E-state index in [4.69, 9.17) is 14.2 Å². The minimum atomic E-state index is -0.797. The minimum Gasteiger partial charge on any atom is -0.462 e. The molecule has 372 valence electrons. The molecule has 0 spiro atoms. The predicted molar refractivity (Wildman–Crippen MR) is 283 cm³/mol. The second-order valence-electron chi connectivity index (χ2n) is 17.0. The highest BCUT2D eigenvalue weighted by molar-refractivity contribution is 5.71. The van der Waals surface area contributed by atoms with Crippen molar-refractivity contribution in [3.8, 4) is 0 Å². The average Bonchev–Trinajstić information content (AvgIpc) is 3.31. The molecule has 0 N–H and O–H groups in total. The van der Waals surface area contributed by atoms with Gasteiger partial charge in [0.25, 0.3) is 0 Å². The summed E-state index contributed by atoms with van der Waals surface area (Å²) in [5.41, 5.74) is 0. The van der Waals surface area contributed by atoms with Gasteiger partial charge in [0.2, 0.25) is 0 Å². The maximum Gasteiger partial charge on any atom is 0.306 e. The SMILES string of the molecule is CC/C=C\C/C=C\C/C=C\C/C=C\C/C=C\C/C=C\CCCCCCCCC(=O)OCC(COC(=O)CCCCCCCC)OC(=O)CCCCCC/C=C\C/C=C\C/C=C\C/C=C\CC. The van der Waals surface area contributed by atoms with Crippen LogP contribution in [0.2, 0.25) is 0 Å². The van der Waals surface area contributed by atoms with Crippen molar-refractivity contribution in [1.29, 1.82) is 0 Å². The van der Waals surface area contributed by atoms with E-state index in [2.05, 4.69) is 142 Å². The van der Waals surface area contributed by atoms with Crippen LogP contribution in [0.4, 0.5) is 0 Å². The molecule has 0 aliphatic rings. The molecule has 0 amide bonds. The van der Waals surface area contributed by atoms with Crippen LogP contribution >= 0.6 is 0 Å². The lowest BCUT2D eigenvalue weighted by Crippen LogP contribution is -2.30. The van der Waals surface area contributed by atoms with Crippen molar-refractivity contribution in [1.82, 2.24) is 0 Å². The molecule has 0 fully saturated rings. The van der Waals surface area contributed by atoms with E-state index in [-0.39, 0.29) is 31.1 Å². The van der Waals surface area contributed by atoms with E-state index in [0.29, 0.717) is 19.3 Å². The second kappa shape index (κ2) is 53.4. The second-order valence-corrected chi connectivity index (χ2v) is 17.0. The summed E-state index contributed by atoms with van der Waals surface area (Å²) in [5.74, 6) is -0.952. The average molecular weight is 913 g/mol. The monoisotopic (exact) mass is 913 g/mol. The van der Waals surface area contributed by atoms with Crippen molar-refractivity contribution in [3.05, 3.63) is 122 Å². The Morgan fingerprint density at radius 1 is 0.318 bits per heavy atom. The van der Waals surface area contributed by atoms with Gasteiger partial charge in [0.05, 0.1) is 0 Å². The fourth-order valence-corrected chi connectivity index (χ4v) is 6.79. The Balaban J connectivity index is 4.27. The van der Waals surface area contributed by atoms with E-state index in [1.807, 2.05) is 0 Å². The van der Waals surface area contributed by atoms with Gasteiger partial charge in [-0.25, -0.2) is 0 Å². The summed E-state index contributed by atoms with van der Waals surface area (Å²) in [6.07, 6.45) is 73.5. The first-order chi connectivity index (χ1) is 32.5. The highest BCUT2D eigenvalue weighted by Gasteiger charge is 2.19. The molecule has 1 unspecified atom stereocenters. The highest BCUT2D eigenvalue weighted by Crippen LogP contribution is 2.13. The van der Waals surface area contributed by atoms with Crippen LogP contribution in [0.1, 0.15) is 220 Å². The smallest absolute Gasteiger partial charge is 0.306 e. The quantitative estimate of drug-likeness (QED) is 0.0262. The third kappa shape index (κ3) is 50.8. The lowest BCUT2D eigenvalue weighted by atomic mass is 10.1. The van der Waals surface area contributed by atoms with Crippen LogP contribution in [0.3, 0.4) is 0 Å². The third-order valence-electron chi connectivity index (χ3n) is 10.7. The number of esters is 3. The largest absolute Gasteiger partial charge is 0.462 e. The number of unbranched alkanes of at least 4 members (excludes halogenated alkanes) is 15. The van der Waals surface area contributed by atoms with Gasteiger partial charge in [-0.3, -0.25) is 14.4 Å². The van der Waals surface area contributed by atoms with Crippen LogP contribution in [0.5, 0.6) is 0 Å². The number of carbonyl (C=O) groups is 3. The summed E-state index contributed by atoms with van der Waals surface area (Å²) >= 11 is 0. The molecule has 0 aromatic heterocycles. The molecule has 0 aliphatic heterocycles. The number of rotatable bonds is 46. The first-order valence-electron chi connectivity index (χ1n) is 26.5. The van der Waals surface area contributed by atoms with E-state index in [1.54, 1.807) is 0 Å². The summed E-state index contributed by atoms with van der Waals surface area (Å²) in [6.45, 7) is 6.30. The molecule has 66 heavy (non-hydrogen) atoms. The van der Waals surface area contributed by atoms with E-state index < -0.39 is 6.10 Å². The van der Waals surface area contributed by atoms with Crippen molar-refractivity contribution >= 4 is 17.9 Å². The van der Waals surface area contributed by atoms with Gasteiger partial charge < -0.3 is 14.2 Å². The molecule has 0 saturated carbocycles. The van der Waals surface area contributed by atoms with Crippen molar-refractivity contribution in [2.24, 2.45) is 0 Å². The molecule has 6 nitrogen and oxygen atoms in total. The maximum absolute atomic E-state index is 12.8. The van der Waals surface area contributed by atoms with Gasteiger partial charge in [-0.2, -0.15) is 0 Å². The minimum absolute atomic E-state index is 0.0961. The third-order valence-corrected chi connectivity index (χ3v) is 10.7. The van der Waals surface area contributed by atoms with E-state index in [0.717, 1.165) is 148 Å². The molecule has 0 heterocycles. The Morgan fingerprint density at radius 3 is 0.924 bits per heavy atom. The Kier molecular flexibility index (Phi) is 50.0. The summed E-state index contributed by atoms with van der Waals surface area (Å²) in [6, 6.07) is 0. The molecule has 0 aromatic rings. The summed E-state index contributed by atoms with van der Waals surface area (Å²) in [5, 5.41) is 0. The van der Waals surface area contributed by atoms with Gasteiger partial charge in [0.1, 0.15) is 13.2 Å². The van der Waals surface area contributed by atoms with Gasteiger partial charge >= 0.3 is 17.9 Å². The van der Waals surface area contributed by atoms with Crippen LogP contribution < -0.4 is 0 Å². The molecule has 6 heteroatoms.